The number of benzene rings is 2. The highest BCUT2D eigenvalue weighted by molar-refractivity contribution is 7.89. The first-order valence-corrected chi connectivity index (χ1v) is 18.8. The highest BCUT2D eigenvalue weighted by Gasteiger charge is 2.36. The molecule has 2 aliphatic heterocycles. The summed E-state index contributed by atoms with van der Waals surface area (Å²) in [6, 6.07) is 12.2. The van der Waals surface area contributed by atoms with Gasteiger partial charge >= 0.3 is 12.2 Å². The summed E-state index contributed by atoms with van der Waals surface area (Å²) < 4.78 is 38.5. The summed E-state index contributed by atoms with van der Waals surface area (Å²) >= 11 is 0. The lowest BCUT2D eigenvalue weighted by atomic mass is 10.0. The van der Waals surface area contributed by atoms with Crippen LogP contribution in [0, 0.1) is 5.92 Å². The Morgan fingerprint density at radius 2 is 1.58 bits per heavy atom. The molecule has 4 rings (SSSR count). The number of imide groups is 1. The second-order valence-electron chi connectivity index (χ2n) is 14.9. The zero-order chi connectivity index (χ0) is 38.4. The number of fused-ring (bicyclic) bond motifs is 1. The Bertz CT molecular complexity index is 1820. The van der Waals surface area contributed by atoms with Crippen LogP contribution in [0.5, 0.6) is 0 Å². The van der Waals surface area contributed by atoms with E-state index in [1.54, 1.807) is 82.9 Å². The van der Waals surface area contributed by atoms with Crippen molar-refractivity contribution in [2.45, 2.75) is 77.4 Å². The molecule has 13 nitrogen and oxygen atoms in total. The van der Waals surface area contributed by atoms with Gasteiger partial charge < -0.3 is 25.2 Å². The number of amidine groups is 1. The van der Waals surface area contributed by atoms with E-state index >= 15 is 0 Å². The van der Waals surface area contributed by atoms with Gasteiger partial charge in [-0.2, -0.15) is 4.31 Å². The van der Waals surface area contributed by atoms with Crippen LogP contribution in [0.25, 0.3) is 17.2 Å². The topological polar surface area (TPSA) is 172 Å². The first kappa shape index (κ1) is 40.2. The number of aliphatic hydroxyl groups excluding tert-OH is 1. The molecule has 282 valence electrons. The van der Waals surface area contributed by atoms with E-state index < -0.39 is 33.4 Å². The SMILES string of the molecule is CCCN(C/C=C/CN(C(=O)OC(C)(C)C)C(=O)OC(C)(C)C)C(=O)C1=Cc2ccc(-c3cccc(S(=O)(=O)N4CC(CO)C4)c3)cc2N=C(N)C1. The van der Waals surface area contributed by atoms with E-state index in [1.165, 1.54) is 4.31 Å². The molecule has 2 aromatic carbocycles. The fraction of sp³-hybridized carbons (Fsp3) is 0.474. The van der Waals surface area contributed by atoms with Gasteiger partial charge in [-0.05, 0) is 83.4 Å². The number of hydrogen-bond acceptors (Lipinski definition) is 10. The molecule has 1 fully saturated rings. The number of carbonyl (C=O) groups excluding carboxylic acids is 3. The van der Waals surface area contributed by atoms with Gasteiger partial charge in [0.25, 0.3) is 5.91 Å². The number of ether oxygens (including phenoxy) is 2. The van der Waals surface area contributed by atoms with E-state index in [4.69, 9.17) is 15.2 Å². The summed E-state index contributed by atoms with van der Waals surface area (Å²) in [5.41, 5.74) is 7.77. The quantitative estimate of drug-likeness (QED) is 0.274. The number of nitrogens with zero attached hydrogens (tertiary/aromatic N) is 4. The van der Waals surface area contributed by atoms with E-state index in [0.717, 1.165) is 10.5 Å². The van der Waals surface area contributed by atoms with Crippen LogP contribution in [-0.2, 0) is 24.3 Å². The maximum atomic E-state index is 13.9. The number of amides is 3. The molecule has 0 aliphatic carbocycles. The maximum absolute atomic E-state index is 13.9. The van der Waals surface area contributed by atoms with Gasteiger partial charge in [0.05, 0.1) is 17.1 Å². The molecule has 0 saturated carbocycles. The van der Waals surface area contributed by atoms with Gasteiger partial charge in [-0.1, -0.05) is 43.3 Å². The molecule has 2 aromatic rings. The molecule has 0 radical (unpaired) electrons. The summed E-state index contributed by atoms with van der Waals surface area (Å²) in [5, 5.41) is 9.31. The molecule has 3 N–H and O–H groups in total. The molecule has 52 heavy (non-hydrogen) atoms. The van der Waals surface area contributed by atoms with Crippen molar-refractivity contribution in [1.82, 2.24) is 14.1 Å². The van der Waals surface area contributed by atoms with Crippen LogP contribution >= 0.6 is 0 Å². The van der Waals surface area contributed by atoms with Crippen LogP contribution in [0.3, 0.4) is 0 Å². The number of sulfonamides is 1. The Hall–Kier alpha value is -4.53. The first-order valence-electron chi connectivity index (χ1n) is 17.4. The standard InChI is InChI=1S/C38H51N5O8S/c1-8-16-41(17-9-10-18-43(35(46)50-37(2,3)4)36(47)51-38(5,6)7)34(45)30-19-29-15-14-28(21-32(29)40-33(39)22-30)27-12-11-13-31(20-27)52(48,49)42-23-26(24-42)25-44/h9-15,19-21,26,44H,8,16-18,22-25H2,1-7H3,(H2,39,40)/b10-9+. The van der Waals surface area contributed by atoms with Gasteiger partial charge in [-0.25, -0.2) is 27.9 Å². The average molecular weight is 738 g/mol. The first-order chi connectivity index (χ1) is 24.3. The van der Waals surface area contributed by atoms with Crippen molar-refractivity contribution in [3.8, 4) is 11.1 Å². The lowest BCUT2D eigenvalue weighted by Gasteiger charge is -2.36. The summed E-state index contributed by atoms with van der Waals surface area (Å²) in [6.07, 6.45) is 4.23. The predicted molar refractivity (Wildman–Crippen MR) is 200 cm³/mol. The Kier molecular flexibility index (Phi) is 12.7. The summed E-state index contributed by atoms with van der Waals surface area (Å²) in [5.74, 6) is -0.0285. The number of aliphatic imine (C=N–C) groups is 1. The van der Waals surface area contributed by atoms with Gasteiger partial charge in [0, 0.05) is 56.3 Å². The molecule has 0 aromatic heterocycles. The third-order valence-electron chi connectivity index (χ3n) is 8.05. The fourth-order valence-electron chi connectivity index (χ4n) is 5.52. The zero-order valence-electron chi connectivity index (χ0n) is 31.1. The van der Waals surface area contributed by atoms with Gasteiger partial charge in [0.2, 0.25) is 10.0 Å². The fourth-order valence-corrected chi connectivity index (χ4v) is 7.15. The second kappa shape index (κ2) is 16.4. The van der Waals surface area contributed by atoms with Crippen molar-refractivity contribution < 1.29 is 37.4 Å². The number of nitrogens with two attached hydrogens (primary N) is 1. The lowest BCUT2D eigenvalue weighted by Crippen LogP contribution is -2.51. The van der Waals surface area contributed by atoms with Crippen LogP contribution in [0.15, 0.2) is 70.1 Å². The highest BCUT2D eigenvalue weighted by atomic mass is 32.2. The molecule has 2 aliphatic rings. The zero-order valence-corrected chi connectivity index (χ0v) is 31.9. The molecule has 0 bridgehead atoms. The molecule has 0 atom stereocenters. The Balaban J connectivity index is 1.52. The van der Waals surface area contributed by atoms with E-state index in [1.807, 2.05) is 31.2 Å². The van der Waals surface area contributed by atoms with E-state index in [9.17, 15) is 27.9 Å². The maximum Gasteiger partial charge on any atom is 0.420 e. The number of hydrogen-bond donors (Lipinski definition) is 2. The lowest BCUT2D eigenvalue weighted by molar-refractivity contribution is -0.126. The minimum atomic E-state index is -3.70. The van der Waals surface area contributed by atoms with Crippen LogP contribution in [0.1, 0.15) is 66.9 Å². The minimum absolute atomic E-state index is 0.0474. The van der Waals surface area contributed by atoms with E-state index in [-0.39, 0.29) is 61.8 Å². The normalized spacial score (nSPS) is 15.5. The molecule has 2 heterocycles. The van der Waals surface area contributed by atoms with Crippen molar-refractivity contribution in [3.05, 3.63) is 65.8 Å². The van der Waals surface area contributed by atoms with E-state index in [0.29, 0.717) is 35.4 Å². The third kappa shape index (κ3) is 10.5. The van der Waals surface area contributed by atoms with Gasteiger partial charge in [0.15, 0.2) is 0 Å². The Morgan fingerprint density at radius 1 is 0.962 bits per heavy atom. The largest absolute Gasteiger partial charge is 0.443 e. The van der Waals surface area contributed by atoms with Gasteiger partial charge in [0.1, 0.15) is 17.0 Å². The average Bonchev–Trinajstić information content (AvgIpc) is 3.19. The molecule has 0 unspecified atom stereocenters. The van der Waals surface area contributed by atoms with Crippen LogP contribution < -0.4 is 5.73 Å². The molecule has 3 amide bonds. The monoisotopic (exact) mass is 737 g/mol. The van der Waals surface area contributed by atoms with Gasteiger partial charge in [-0.3, -0.25) is 4.79 Å². The predicted octanol–water partition coefficient (Wildman–Crippen LogP) is 5.71. The van der Waals surface area contributed by atoms with Crippen molar-refractivity contribution in [2.75, 3.05) is 39.3 Å². The second-order valence-corrected chi connectivity index (χ2v) is 16.9. The molecule has 1 saturated heterocycles. The number of rotatable bonds is 11. The van der Waals surface area contributed by atoms with E-state index in [2.05, 4.69) is 4.99 Å². The minimum Gasteiger partial charge on any atom is -0.443 e. The summed E-state index contributed by atoms with van der Waals surface area (Å²) in [7, 11) is -3.70. The van der Waals surface area contributed by atoms with Crippen molar-refractivity contribution in [3.63, 3.8) is 0 Å². The Morgan fingerprint density at radius 3 is 2.17 bits per heavy atom. The van der Waals surface area contributed by atoms with Crippen LogP contribution in [0.2, 0.25) is 0 Å². The highest BCUT2D eigenvalue weighted by Crippen LogP contribution is 2.34. The van der Waals surface area contributed by atoms with Crippen molar-refractivity contribution in [1.29, 1.82) is 0 Å². The molecule has 14 heteroatoms. The van der Waals surface area contributed by atoms with Gasteiger partial charge in [-0.15, -0.1) is 0 Å². The summed E-state index contributed by atoms with van der Waals surface area (Å²) in [4.78, 5) is 46.9. The molecular weight excluding hydrogens is 687 g/mol. The Labute approximate surface area is 306 Å². The smallest absolute Gasteiger partial charge is 0.420 e. The van der Waals surface area contributed by atoms with Crippen LogP contribution in [-0.4, -0.2) is 102 Å². The molecular formula is C38H51N5O8S. The van der Waals surface area contributed by atoms with Crippen LogP contribution in [0.4, 0.5) is 15.3 Å². The van der Waals surface area contributed by atoms with Crippen molar-refractivity contribution in [2.24, 2.45) is 16.6 Å². The number of aliphatic hydroxyl groups is 1. The third-order valence-corrected chi connectivity index (χ3v) is 9.87. The number of carbonyl (C=O) groups is 3. The molecule has 0 spiro atoms. The van der Waals surface area contributed by atoms with Crippen molar-refractivity contribution >= 4 is 45.7 Å². The summed E-state index contributed by atoms with van der Waals surface area (Å²) in [6.45, 7) is 13.3.